The number of carbonyl (C=O) groups excluding carboxylic acids is 1. The highest BCUT2D eigenvalue weighted by Crippen LogP contribution is 2.49. The Balaban J connectivity index is 1.63. The van der Waals surface area contributed by atoms with Gasteiger partial charge in [-0.05, 0) is 56.3 Å². The lowest BCUT2D eigenvalue weighted by Gasteiger charge is -2.36. The Hall–Kier alpha value is -1.26. The maximum Gasteiger partial charge on any atom is 0.223 e. The maximum atomic E-state index is 12.6. The molecule has 3 fully saturated rings. The van der Waals surface area contributed by atoms with Gasteiger partial charge in [-0.25, -0.2) is 0 Å². The van der Waals surface area contributed by atoms with Crippen LogP contribution in [0.5, 0.6) is 0 Å². The summed E-state index contributed by atoms with van der Waals surface area (Å²) in [5.74, 6) is 2.62. The molecule has 3 N–H and O–H groups in total. The highest BCUT2D eigenvalue weighted by atomic mass is 16.4. The number of nitrogens with two attached hydrogens (primary N) is 1. The van der Waals surface area contributed by atoms with Crippen molar-refractivity contribution in [2.24, 2.45) is 28.6 Å². The average molecular weight is 279 g/mol. The van der Waals surface area contributed by atoms with Crippen LogP contribution in [0.15, 0.2) is 5.16 Å². The van der Waals surface area contributed by atoms with Crippen LogP contribution in [0.1, 0.15) is 51.4 Å². The van der Waals surface area contributed by atoms with E-state index >= 15 is 0 Å². The Morgan fingerprint density at radius 2 is 2.10 bits per heavy atom. The van der Waals surface area contributed by atoms with Crippen molar-refractivity contribution in [1.82, 2.24) is 4.90 Å². The van der Waals surface area contributed by atoms with Crippen molar-refractivity contribution in [2.45, 2.75) is 57.4 Å². The number of oxime groups is 1. The summed E-state index contributed by atoms with van der Waals surface area (Å²) >= 11 is 0. The Bertz CT molecular complexity index is 410. The molecule has 0 radical (unpaired) electrons. The number of hydrogen-bond donors (Lipinski definition) is 2. The molecule has 1 amide bonds. The summed E-state index contributed by atoms with van der Waals surface area (Å²) in [5, 5.41) is 12.0. The van der Waals surface area contributed by atoms with Gasteiger partial charge in [0.1, 0.15) is 0 Å². The summed E-state index contributed by atoms with van der Waals surface area (Å²) in [4.78, 5) is 14.4. The van der Waals surface area contributed by atoms with E-state index in [2.05, 4.69) is 5.16 Å². The molecule has 4 atom stereocenters. The van der Waals surface area contributed by atoms with Gasteiger partial charge < -0.3 is 15.8 Å². The van der Waals surface area contributed by atoms with Gasteiger partial charge in [-0.1, -0.05) is 11.6 Å². The molecule has 0 aromatic heterocycles. The van der Waals surface area contributed by atoms with Crippen LogP contribution in [0.4, 0.5) is 0 Å². The quantitative estimate of drug-likeness (QED) is 0.358. The third kappa shape index (κ3) is 2.50. The Kier molecular flexibility index (Phi) is 3.85. The first kappa shape index (κ1) is 13.7. The van der Waals surface area contributed by atoms with Crippen LogP contribution in [0.2, 0.25) is 0 Å². The molecular formula is C15H25N3O2. The van der Waals surface area contributed by atoms with E-state index in [4.69, 9.17) is 10.9 Å². The number of hydrogen-bond acceptors (Lipinski definition) is 3. The van der Waals surface area contributed by atoms with Crippen molar-refractivity contribution >= 4 is 11.7 Å². The van der Waals surface area contributed by atoms with Gasteiger partial charge in [0.15, 0.2) is 5.84 Å². The zero-order valence-corrected chi connectivity index (χ0v) is 12.0. The molecule has 4 unspecified atom stereocenters. The van der Waals surface area contributed by atoms with Crippen LogP contribution in [0.3, 0.4) is 0 Å². The Morgan fingerprint density at radius 1 is 1.25 bits per heavy atom. The minimum Gasteiger partial charge on any atom is -0.409 e. The van der Waals surface area contributed by atoms with E-state index in [9.17, 15) is 4.79 Å². The fourth-order valence-electron chi connectivity index (χ4n) is 4.57. The predicted octanol–water partition coefficient (Wildman–Crippen LogP) is 1.94. The minimum atomic E-state index is -0.195. The second-order valence-electron chi connectivity index (χ2n) is 6.76. The molecular weight excluding hydrogens is 254 g/mol. The maximum absolute atomic E-state index is 12.6. The molecule has 5 nitrogen and oxygen atoms in total. The number of likely N-dealkylation sites (tertiary alicyclic amines) is 1. The molecule has 1 saturated heterocycles. The number of amides is 1. The molecule has 1 heterocycles. The molecule has 20 heavy (non-hydrogen) atoms. The normalized spacial score (nSPS) is 37.4. The van der Waals surface area contributed by atoms with Crippen LogP contribution in [0, 0.1) is 17.8 Å². The van der Waals surface area contributed by atoms with Crippen LogP contribution >= 0.6 is 0 Å². The number of carbonyl (C=O) groups is 1. The highest BCUT2D eigenvalue weighted by Gasteiger charge is 2.41. The van der Waals surface area contributed by atoms with Crippen molar-refractivity contribution in [2.75, 3.05) is 6.54 Å². The largest absolute Gasteiger partial charge is 0.409 e. The second-order valence-corrected chi connectivity index (χ2v) is 6.76. The lowest BCUT2D eigenvalue weighted by Crippen LogP contribution is -2.51. The molecule has 2 saturated carbocycles. The third-order valence-electron chi connectivity index (χ3n) is 5.60. The monoisotopic (exact) mass is 279 g/mol. The first-order valence-electron chi connectivity index (χ1n) is 7.96. The van der Waals surface area contributed by atoms with Crippen LogP contribution in [-0.4, -0.2) is 34.4 Å². The molecule has 112 valence electrons. The third-order valence-corrected chi connectivity index (χ3v) is 5.60. The van der Waals surface area contributed by atoms with Crippen LogP contribution in [0.25, 0.3) is 0 Å². The standard InChI is InChI=1S/C15H25N3O2/c16-15(17-20)13-3-1-2-6-18(13)14(19)9-12-8-10-4-5-11(12)7-10/h10-13,20H,1-9H2,(H2,16,17). The summed E-state index contributed by atoms with van der Waals surface area (Å²) in [6.45, 7) is 0.751. The molecule has 0 aromatic carbocycles. The molecule has 3 aliphatic rings. The van der Waals surface area contributed by atoms with Crippen molar-refractivity contribution in [3.63, 3.8) is 0 Å². The Labute approximate surface area is 120 Å². The van der Waals surface area contributed by atoms with Gasteiger partial charge >= 0.3 is 0 Å². The number of rotatable bonds is 3. The van der Waals surface area contributed by atoms with Gasteiger partial charge in [0.05, 0.1) is 6.04 Å². The van der Waals surface area contributed by atoms with Gasteiger partial charge in [-0.2, -0.15) is 0 Å². The number of piperidine rings is 1. The van der Waals surface area contributed by atoms with E-state index in [0.29, 0.717) is 12.3 Å². The number of nitrogens with zero attached hydrogens (tertiary/aromatic N) is 2. The minimum absolute atomic E-state index is 0.186. The molecule has 3 rings (SSSR count). The summed E-state index contributed by atoms with van der Waals surface area (Å²) < 4.78 is 0. The lowest BCUT2D eigenvalue weighted by molar-refractivity contribution is -0.134. The zero-order chi connectivity index (χ0) is 14.1. The molecule has 1 aliphatic heterocycles. The van der Waals surface area contributed by atoms with Gasteiger partial charge in [0.25, 0.3) is 0 Å². The van der Waals surface area contributed by atoms with Gasteiger partial charge in [-0.15, -0.1) is 0 Å². The van der Waals surface area contributed by atoms with Gasteiger partial charge in [0, 0.05) is 13.0 Å². The van der Waals surface area contributed by atoms with Crippen molar-refractivity contribution < 1.29 is 10.0 Å². The lowest BCUT2D eigenvalue weighted by atomic mass is 9.85. The molecule has 2 bridgehead atoms. The fourth-order valence-corrected chi connectivity index (χ4v) is 4.57. The van der Waals surface area contributed by atoms with E-state index in [1.807, 2.05) is 4.90 Å². The summed E-state index contributed by atoms with van der Waals surface area (Å²) in [5.41, 5.74) is 5.75. The van der Waals surface area contributed by atoms with Crippen LogP contribution < -0.4 is 5.73 Å². The zero-order valence-electron chi connectivity index (χ0n) is 12.0. The van der Waals surface area contributed by atoms with Crippen molar-refractivity contribution in [3.05, 3.63) is 0 Å². The molecule has 0 spiro atoms. The SMILES string of the molecule is NC(=NO)C1CCCCN1C(=O)CC1CC2CCC1C2. The van der Waals surface area contributed by atoms with Gasteiger partial charge in [0.2, 0.25) is 5.91 Å². The summed E-state index contributed by atoms with van der Waals surface area (Å²) in [7, 11) is 0. The topological polar surface area (TPSA) is 78.9 Å². The van der Waals surface area contributed by atoms with Gasteiger partial charge in [-0.3, -0.25) is 4.79 Å². The van der Waals surface area contributed by atoms with E-state index < -0.39 is 0 Å². The fraction of sp³-hybridized carbons (Fsp3) is 0.867. The Morgan fingerprint density at radius 3 is 2.75 bits per heavy atom. The van der Waals surface area contributed by atoms with E-state index in [0.717, 1.165) is 37.6 Å². The highest BCUT2D eigenvalue weighted by molar-refractivity contribution is 5.90. The second kappa shape index (κ2) is 5.62. The van der Waals surface area contributed by atoms with Crippen molar-refractivity contribution in [3.8, 4) is 0 Å². The summed E-state index contributed by atoms with van der Waals surface area (Å²) in [6, 6.07) is -0.195. The van der Waals surface area contributed by atoms with E-state index in [1.54, 1.807) is 0 Å². The summed E-state index contributed by atoms with van der Waals surface area (Å²) in [6.07, 6.45) is 8.80. The molecule has 0 aromatic rings. The van der Waals surface area contributed by atoms with Crippen LogP contribution in [-0.2, 0) is 4.79 Å². The number of amidine groups is 1. The van der Waals surface area contributed by atoms with E-state index in [-0.39, 0.29) is 17.8 Å². The number of fused-ring (bicyclic) bond motifs is 2. The predicted molar refractivity (Wildman–Crippen MR) is 76.3 cm³/mol. The average Bonchev–Trinajstić information content (AvgIpc) is 3.09. The smallest absolute Gasteiger partial charge is 0.223 e. The first-order chi connectivity index (χ1) is 9.69. The molecule has 5 heteroatoms. The van der Waals surface area contributed by atoms with Crippen molar-refractivity contribution in [1.29, 1.82) is 0 Å². The van der Waals surface area contributed by atoms with E-state index in [1.165, 1.54) is 25.7 Å². The molecule has 2 aliphatic carbocycles. The first-order valence-corrected chi connectivity index (χ1v) is 7.96.